The molecule has 258 valence electrons. The minimum absolute atomic E-state index is 0.701. The van der Waals surface area contributed by atoms with Crippen LogP contribution in [0, 0.1) is 0 Å². The van der Waals surface area contributed by atoms with Crippen molar-refractivity contribution in [3.63, 3.8) is 0 Å². The van der Waals surface area contributed by atoms with Crippen molar-refractivity contribution >= 4 is 46.1 Å². The van der Waals surface area contributed by atoms with Gasteiger partial charge in [-0.2, -0.15) is 0 Å². The van der Waals surface area contributed by atoms with Crippen LogP contribution in [-0.4, -0.2) is 0 Å². The molecular formula is C49H34O3P2. The maximum atomic E-state index is 15.9. The lowest BCUT2D eigenvalue weighted by Crippen LogP contribution is -2.35. The Morgan fingerprint density at radius 1 is 0.315 bits per heavy atom. The van der Waals surface area contributed by atoms with Crippen molar-refractivity contribution in [2.45, 2.75) is 5.41 Å². The number of ether oxygens (including phenoxy) is 1. The minimum Gasteiger partial charge on any atom is -0.457 e. The second kappa shape index (κ2) is 12.6. The highest BCUT2D eigenvalue weighted by Gasteiger charge is 2.52. The fraction of sp³-hybridized carbons (Fsp3) is 0.0204. The zero-order chi connectivity index (χ0) is 36.3. The molecule has 0 fully saturated rings. The van der Waals surface area contributed by atoms with E-state index in [4.69, 9.17) is 4.74 Å². The fourth-order valence-corrected chi connectivity index (χ4v) is 14.1. The Morgan fingerprint density at radius 3 is 0.981 bits per heavy atom. The molecule has 1 aliphatic heterocycles. The van der Waals surface area contributed by atoms with Crippen molar-refractivity contribution in [2.75, 3.05) is 0 Å². The van der Waals surface area contributed by atoms with Gasteiger partial charge in [-0.1, -0.05) is 170 Å². The monoisotopic (exact) mass is 732 g/mol. The predicted octanol–water partition coefficient (Wildman–Crippen LogP) is 9.43. The largest absolute Gasteiger partial charge is 0.457 e. The van der Waals surface area contributed by atoms with E-state index in [9.17, 15) is 0 Å². The summed E-state index contributed by atoms with van der Waals surface area (Å²) < 4.78 is 38.6. The van der Waals surface area contributed by atoms with Gasteiger partial charge in [0.05, 0.1) is 5.41 Å². The molecule has 3 nitrogen and oxygen atoms in total. The predicted molar refractivity (Wildman–Crippen MR) is 223 cm³/mol. The SMILES string of the molecule is O=P(c1ccccc1)(c1ccccc1)c1ccc2c(c1)C1(c3cc(P(=O)(c4ccccc4)c4ccccc4)ccc3O2)c2ccccc2-c2ccccc21. The molecule has 0 unspecified atom stereocenters. The summed E-state index contributed by atoms with van der Waals surface area (Å²) in [6.45, 7) is 0. The van der Waals surface area contributed by atoms with Gasteiger partial charge in [-0.25, -0.2) is 0 Å². The van der Waals surface area contributed by atoms with Gasteiger partial charge in [0.1, 0.15) is 11.5 Å². The zero-order valence-electron chi connectivity index (χ0n) is 29.2. The summed E-state index contributed by atoms with van der Waals surface area (Å²) in [4.78, 5) is 0. The summed E-state index contributed by atoms with van der Waals surface area (Å²) in [5.41, 5.74) is 5.42. The van der Waals surface area contributed by atoms with Crippen LogP contribution in [0.4, 0.5) is 0 Å². The molecule has 1 aliphatic carbocycles. The molecule has 1 spiro atoms. The van der Waals surface area contributed by atoms with Crippen LogP contribution >= 0.6 is 14.3 Å². The second-order valence-corrected chi connectivity index (χ2v) is 19.4. The van der Waals surface area contributed by atoms with Crippen LogP contribution in [0.2, 0.25) is 0 Å². The number of benzene rings is 8. The first-order chi connectivity index (χ1) is 26.5. The van der Waals surface area contributed by atoms with Gasteiger partial charge in [0.25, 0.3) is 0 Å². The number of rotatable bonds is 6. The van der Waals surface area contributed by atoms with Crippen molar-refractivity contribution in [2.24, 2.45) is 0 Å². The minimum atomic E-state index is -3.35. The average Bonchev–Trinajstić information content (AvgIpc) is 3.55. The van der Waals surface area contributed by atoms with E-state index in [1.807, 2.05) is 146 Å². The quantitative estimate of drug-likeness (QED) is 0.160. The summed E-state index contributed by atoms with van der Waals surface area (Å²) in [5.74, 6) is 1.40. The topological polar surface area (TPSA) is 43.4 Å². The molecule has 2 aliphatic rings. The van der Waals surface area contributed by atoms with E-state index in [0.717, 1.165) is 65.2 Å². The first kappa shape index (κ1) is 32.7. The van der Waals surface area contributed by atoms with Gasteiger partial charge >= 0.3 is 0 Å². The molecule has 0 amide bonds. The summed E-state index contributed by atoms with van der Waals surface area (Å²) in [5, 5.41) is 4.52. The van der Waals surface area contributed by atoms with Gasteiger partial charge in [-0.05, 0) is 58.7 Å². The van der Waals surface area contributed by atoms with Gasteiger partial charge in [0.15, 0.2) is 14.3 Å². The van der Waals surface area contributed by atoms with E-state index >= 15 is 9.13 Å². The van der Waals surface area contributed by atoms with Gasteiger partial charge < -0.3 is 13.9 Å². The molecule has 0 bridgehead atoms. The van der Waals surface area contributed by atoms with Gasteiger partial charge in [0.2, 0.25) is 0 Å². The maximum absolute atomic E-state index is 15.9. The van der Waals surface area contributed by atoms with Gasteiger partial charge in [-0.3, -0.25) is 0 Å². The number of hydrogen-bond donors (Lipinski definition) is 0. The van der Waals surface area contributed by atoms with E-state index in [2.05, 4.69) is 60.7 Å². The van der Waals surface area contributed by atoms with E-state index in [1.165, 1.54) is 0 Å². The van der Waals surface area contributed by atoms with Crippen LogP contribution in [0.25, 0.3) is 11.1 Å². The Bertz CT molecular complexity index is 2520. The smallest absolute Gasteiger partial charge is 0.171 e. The lowest BCUT2D eigenvalue weighted by Gasteiger charge is -2.40. The molecule has 8 aromatic rings. The highest BCUT2D eigenvalue weighted by atomic mass is 31.2. The van der Waals surface area contributed by atoms with E-state index in [-0.39, 0.29) is 0 Å². The van der Waals surface area contributed by atoms with Crippen molar-refractivity contribution in [1.82, 2.24) is 0 Å². The Balaban J connectivity index is 1.30. The highest BCUT2D eigenvalue weighted by molar-refractivity contribution is 7.85. The number of fused-ring (bicyclic) bond motifs is 9. The summed E-state index contributed by atoms with van der Waals surface area (Å²) in [7, 11) is -6.70. The fourth-order valence-electron chi connectivity index (χ4n) is 8.72. The normalized spacial score (nSPS) is 13.6. The third-order valence-corrected chi connectivity index (χ3v) is 17.2. The Morgan fingerprint density at radius 2 is 0.630 bits per heavy atom. The van der Waals surface area contributed by atoms with E-state index in [1.54, 1.807) is 0 Å². The molecule has 10 rings (SSSR count). The van der Waals surface area contributed by atoms with Crippen LogP contribution in [0.15, 0.2) is 206 Å². The molecule has 0 saturated carbocycles. The first-order valence-corrected chi connectivity index (χ1v) is 21.6. The van der Waals surface area contributed by atoms with Crippen molar-refractivity contribution < 1.29 is 13.9 Å². The van der Waals surface area contributed by atoms with Crippen molar-refractivity contribution in [1.29, 1.82) is 0 Å². The molecule has 1 heterocycles. The van der Waals surface area contributed by atoms with Gasteiger partial charge in [-0.15, -0.1) is 0 Å². The third-order valence-electron chi connectivity index (χ3n) is 11.1. The average molecular weight is 733 g/mol. The van der Waals surface area contributed by atoms with E-state index < -0.39 is 19.7 Å². The van der Waals surface area contributed by atoms with Crippen LogP contribution < -0.4 is 36.6 Å². The number of hydrogen-bond acceptors (Lipinski definition) is 3. The molecule has 0 radical (unpaired) electrons. The lowest BCUT2D eigenvalue weighted by molar-refractivity contribution is 0.437. The lowest BCUT2D eigenvalue weighted by atomic mass is 9.66. The molecule has 0 saturated heterocycles. The zero-order valence-corrected chi connectivity index (χ0v) is 31.0. The van der Waals surface area contributed by atoms with Crippen LogP contribution in [0.1, 0.15) is 22.3 Å². The molecule has 5 heteroatoms. The van der Waals surface area contributed by atoms with Gasteiger partial charge in [0, 0.05) is 43.0 Å². The van der Waals surface area contributed by atoms with Crippen LogP contribution in [-0.2, 0) is 14.5 Å². The van der Waals surface area contributed by atoms with E-state index in [0.29, 0.717) is 11.5 Å². The molecular weight excluding hydrogens is 698 g/mol. The molecule has 8 aromatic carbocycles. The Kier molecular flexibility index (Phi) is 7.60. The third kappa shape index (κ3) is 4.62. The maximum Gasteiger partial charge on any atom is 0.171 e. The standard InChI is InChI=1S/C49H34O3P2/c50-53(35-17-5-1-6-18-35,36-19-7-2-8-20-36)39-29-31-47-45(33-39)49(43-27-15-13-25-41(43)42-26-14-16-28-44(42)49)46-34-40(30-32-48(46)52-47)54(51,37-21-9-3-10-22-37)38-23-11-4-12-24-38/h1-34H. The van der Waals surface area contributed by atoms with Crippen LogP contribution in [0.3, 0.4) is 0 Å². The van der Waals surface area contributed by atoms with Crippen molar-refractivity contribution in [3.8, 4) is 22.6 Å². The Hall–Kier alpha value is -5.98. The summed E-state index contributed by atoms with van der Waals surface area (Å²) in [6, 6.07) is 68.4. The summed E-state index contributed by atoms with van der Waals surface area (Å²) in [6.07, 6.45) is 0. The molecule has 0 aromatic heterocycles. The Labute approximate surface area is 315 Å². The summed E-state index contributed by atoms with van der Waals surface area (Å²) >= 11 is 0. The molecule has 54 heavy (non-hydrogen) atoms. The first-order valence-electron chi connectivity index (χ1n) is 18.1. The molecule has 0 N–H and O–H groups in total. The molecule has 0 atom stereocenters. The van der Waals surface area contributed by atoms with Crippen molar-refractivity contribution in [3.05, 3.63) is 229 Å². The second-order valence-electron chi connectivity index (χ2n) is 13.9. The van der Waals surface area contributed by atoms with Crippen LogP contribution in [0.5, 0.6) is 11.5 Å². The highest BCUT2D eigenvalue weighted by Crippen LogP contribution is 2.62.